The minimum Gasteiger partial charge on any atom is -0.345 e. The van der Waals surface area contributed by atoms with E-state index in [1.54, 1.807) is 0 Å². The number of hydrogen-bond acceptors (Lipinski definition) is 3. The van der Waals surface area contributed by atoms with Crippen LogP contribution in [0.25, 0.3) is 0 Å². The molecule has 0 aliphatic heterocycles. The van der Waals surface area contributed by atoms with Crippen LogP contribution in [0.4, 0.5) is 0 Å². The van der Waals surface area contributed by atoms with Gasteiger partial charge in [-0.15, -0.1) is 11.8 Å². The normalized spacial score (nSPS) is 11.7. The summed E-state index contributed by atoms with van der Waals surface area (Å²) in [5.74, 6) is 0.130. The van der Waals surface area contributed by atoms with Gasteiger partial charge in [-0.05, 0) is 43.2 Å². The molecule has 2 rings (SSSR count). The molecule has 2 aromatic rings. The highest BCUT2D eigenvalue weighted by molar-refractivity contribution is 9.10. The van der Waals surface area contributed by atoms with E-state index in [0.717, 1.165) is 14.9 Å². The molecule has 0 aromatic heterocycles. The Hall–Kier alpha value is -1.59. The van der Waals surface area contributed by atoms with Crippen molar-refractivity contribution in [2.45, 2.75) is 24.3 Å². The molecule has 0 aliphatic carbocycles. The molecule has 3 nitrogen and oxygen atoms in total. The summed E-state index contributed by atoms with van der Waals surface area (Å²) >= 11 is 4.83. The van der Waals surface area contributed by atoms with E-state index in [4.69, 9.17) is 0 Å². The summed E-state index contributed by atoms with van der Waals surface area (Å²) in [6.07, 6.45) is 0.519. The summed E-state index contributed by atoms with van der Waals surface area (Å²) in [5.41, 5.74) is 1.04. The number of rotatable bonds is 7. The number of amides is 1. The van der Waals surface area contributed by atoms with Crippen LogP contribution in [0.15, 0.2) is 64.0 Å². The van der Waals surface area contributed by atoms with E-state index in [-0.39, 0.29) is 11.7 Å². The van der Waals surface area contributed by atoms with Crippen LogP contribution in [0.1, 0.15) is 12.5 Å². The van der Waals surface area contributed by atoms with E-state index in [1.165, 1.54) is 18.7 Å². The number of hydrogen-bond donors (Lipinski definition) is 1. The van der Waals surface area contributed by atoms with E-state index in [0.29, 0.717) is 12.2 Å². The number of carbonyl (C=O) groups is 2. The molecule has 1 N–H and O–H groups in total. The Morgan fingerprint density at radius 2 is 1.74 bits per heavy atom. The highest BCUT2D eigenvalue weighted by Gasteiger charge is 2.17. The molecule has 0 spiro atoms. The molecule has 1 atom stereocenters. The summed E-state index contributed by atoms with van der Waals surface area (Å²) in [4.78, 5) is 24.9. The van der Waals surface area contributed by atoms with Gasteiger partial charge in [0.05, 0.1) is 11.8 Å². The molecular formula is C18H18BrNO2S. The summed E-state index contributed by atoms with van der Waals surface area (Å²) in [6.45, 7) is 1.51. The lowest BCUT2D eigenvalue weighted by Crippen LogP contribution is -2.42. The lowest BCUT2D eigenvalue weighted by atomic mass is 10.0. The number of nitrogens with one attached hydrogen (secondary N) is 1. The fraction of sp³-hybridized carbons (Fsp3) is 0.222. The van der Waals surface area contributed by atoms with Crippen molar-refractivity contribution in [2.24, 2.45) is 0 Å². The van der Waals surface area contributed by atoms with Gasteiger partial charge in [-0.1, -0.05) is 46.3 Å². The maximum absolute atomic E-state index is 12.1. The maximum Gasteiger partial charge on any atom is 0.230 e. The van der Waals surface area contributed by atoms with Gasteiger partial charge in [0.1, 0.15) is 0 Å². The van der Waals surface area contributed by atoms with Gasteiger partial charge in [0.15, 0.2) is 5.78 Å². The van der Waals surface area contributed by atoms with E-state index >= 15 is 0 Å². The van der Waals surface area contributed by atoms with Gasteiger partial charge in [-0.2, -0.15) is 0 Å². The smallest absolute Gasteiger partial charge is 0.230 e. The van der Waals surface area contributed by atoms with E-state index < -0.39 is 6.04 Å². The maximum atomic E-state index is 12.1. The first-order chi connectivity index (χ1) is 11.0. The third-order valence-corrected chi connectivity index (χ3v) is 4.83. The predicted octanol–water partition coefficient (Wildman–Crippen LogP) is 3.86. The zero-order valence-electron chi connectivity index (χ0n) is 12.8. The molecule has 0 fully saturated rings. The minimum absolute atomic E-state index is 0.0316. The van der Waals surface area contributed by atoms with E-state index in [9.17, 15) is 9.59 Å². The molecule has 23 heavy (non-hydrogen) atoms. The second-order valence-electron chi connectivity index (χ2n) is 5.16. The van der Waals surface area contributed by atoms with Gasteiger partial charge in [-0.25, -0.2) is 0 Å². The average molecular weight is 392 g/mol. The van der Waals surface area contributed by atoms with Crippen LogP contribution in [0, 0.1) is 0 Å². The average Bonchev–Trinajstić information content (AvgIpc) is 2.54. The van der Waals surface area contributed by atoms with Gasteiger partial charge in [-0.3, -0.25) is 9.59 Å². The van der Waals surface area contributed by atoms with Crippen LogP contribution in [0.2, 0.25) is 0 Å². The highest BCUT2D eigenvalue weighted by Crippen LogP contribution is 2.20. The Morgan fingerprint density at radius 3 is 2.35 bits per heavy atom. The van der Waals surface area contributed by atoms with Crippen molar-refractivity contribution >= 4 is 39.4 Å². The second kappa shape index (κ2) is 8.89. The van der Waals surface area contributed by atoms with E-state index in [2.05, 4.69) is 21.2 Å². The summed E-state index contributed by atoms with van der Waals surface area (Å²) in [6, 6.07) is 17.0. The van der Waals surface area contributed by atoms with Crippen LogP contribution in [-0.4, -0.2) is 23.5 Å². The lowest BCUT2D eigenvalue weighted by molar-refractivity contribution is -0.125. The standard InChI is InChI=1S/C18H18BrNO2S/c1-13(21)17(11-14-5-3-2-4-6-14)20-18(22)12-23-16-9-7-15(19)8-10-16/h2-10,17H,11-12H2,1H3,(H,20,22). The van der Waals surface area contributed by atoms with Gasteiger partial charge in [0.25, 0.3) is 0 Å². The van der Waals surface area contributed by atoms with Crippen molar-refractivity contribution in [1.82, 2.24) is 5.32 Å². The number of thioether (sulfide) groups is 1. The van der Waals surface area contributed by atoms with Crippen molar-refractivity contribution in [1.29, 1.82) is 0 Å². The molecule has 120 valence electrons. The third-order valence-electron chi connectivity index (χ3n) is 3.29. The molecule has 0 bridgehead atoms. The lowest BCUT2D eigenvalue weighted by Gasteiger charge is -2.16. The molecule has 0 aliphatic rings. The molecule has 5 heteroatoms. The van der Waals surface area contributed by atoms with Gasteiger partial charge < -0.3 is 5.32 Å². The quantitative estimate of drug-likeness (QED) is 0.728. The van der Waals surface area contributed by atoms with Crippen molar-refractivity contribution in [2.75, 3.05) is 5.75 Å². The number of ketones is 1. The van der Waals surface area contributed by atoms with Crippen molar-refractivity contribution < 1.29 is 9.59 Å². The number of Topliss-reactive ketones (excluding diaryl/α,β-unsaturated/α-hetero) is 1. The summed E-state index contributed by atoms with van der Waals surface area (Å²) < 4.78 is 1.01. The predicted molar refractivity (Wildman–Crippen MR) is 97.6 cm³/mol. The monoisotopic (exact) mass is 391 g/mol. The minimum atomic E-state index is -0.476. The Labute approximate surface area is 149 Å². The molecule has 0 saturated heterocycles. The fourth-order valence-electron chi connectivity index (χ4n) is 2.06. The zero-order valence-corrected chi connectivity index (χ0v) is 15.2. The van der Waals surface area contributed by atoms with Crippen LogP contribution in [-0.2, 0) is 16.0 Å². The highest BCUT2D eigenvalue weighted by atomic mass is 79.9. The number of benzene rings is 2. The first-order valence-corrected chi connectivity index (χ1v) is 9.04. The third kappa shape index (κ3) is 6.20. The molecule has 1 amide bonds. The van der Waals surface area contributed by atoms with Crippen LogP contribution < -0.4 is 5.32 Å². The topological polar surface area (TPSA) is 46.2 Å². The van der Waals surface area contributed by atoms with Crippen molar-refractivity contribution in [3.05, 3.63) is 64.6 Å². The zero-order chi connectivity index (χ0) is 16.7. The first-order valence-electron chi connectivity index (χ1n) is 7.26. The molecular weight excluding hydrogens is 374 g/mol. The largest absolute Gasteiger partial charge is 0.345 e. The number of halogens is 1. The molecule has 0 saturated carbocycles. The Morgan fingerprint density at radius 1 is 1.09 bits per heavy atom. The molecule has 2 aromatic carbocycles. The van der Waals surface area contributed by atoms with Crippen LogP contribution >= 0.6 is 27.7 Å². The molecule has 1 unspecified atom stereocenters. The first kappa shape index (κ1) is 17.8. The van der Waals surface area contributed by atoms with Gasteiger partial charge in [0, 0.05) is 9.37 Å². The SMILES string of the molecule is CC(=O)C(Cc1ccccc1)NC(=O)CSc1ccc(Br)cc1. The second-order valence-corrected chi connectivity index (χ2v) is 7.13. The summed E-state index contributed by atoms with van der Waals surface area (Å²) in [7, 11) is 0. The Balaban J connectivity index is 1.88. The van der Waals surface area contributed by atoms with Crippen LogP contribution in [0.5, 0.6) is 0 Å². The van der Waals surface area contributed by atoms with Gasteiger partial charge in [0.2, 0.25) is 5.91 Å². The Bertz CT molecular complexity index is 658. The van der Waals surface area contributed by atoms with E-state index in [1.807, 2.05) is 54.6 Å². The van der Waals surface area contributed by atoms with Crippen molar-refractivity contribution in [3.8, 4) is 0 Å². The fourth-order valence-corrected chi connectivity index (χ4v) is 3.04. The van der Waals surface area contributed by atoms with Gasteiger partial charge >= 0.3 is 0 Å². The Kier molecular flexibility index (Phi) is 6.86. The summed E-state index contributed by atoms with van der Waals surface area (Å²) in [5, 5.41) is 2.83. The van der Waals surface area contributed by atoms with Crippen molar-refractivity contribution in [3.63, 3.8) is 0 Å². The number of carbonyl (C=O) groups excluding carboxylic acids is 2. The molecule has 0 radical (unpaired) electrons. The molecule has 0 heterocycles. The van der Waals surface area contributed by atoms with Crippen LogP contribution in [0.3, 0.4) is 0 Å².